The molecule has 8 heteroatoms. The highest BCUT2D eigenvalue weighted by atomic mass is 16.5. The van der Waals surface area contributed by atoms with Gasteiger partial charge in [-0.15, -0.1) is 0 Å². The molecule has 0 aromatic heterocycles. The lowest BCUT2D eigenvalue weighted by molar-refractivity contribution is -0.122. The smallest absolute Gasteiger partial charge is 0.534 e. The van der Waals surface area contributed by atoms with E-state index >= 15 is 0 Å². The fourth-order valence-electron chi connectivity index (χ4n) is 3.64. The highest BCUT2D eigenvalue weighted by Gasteiger charge is 2.38. The topological polar surface area (TPSA) is 122 Å². The Balaban J connectivity index is 1.61. The van der Waals surface area contributed by atoms with Crippen molar-refractivity contribution in [2.75, 3.05) is 0 Å². The zero-order valence-corrected chi connectivity index (χ0v) is 14.0. The van der Waals surface area contributed by atoms with Gasteiger partial charge in [0.1, 0.15) is 5.75 Å². The van der Waals surface area contributed by atoms with Crippen LogP contribution in [0.1, 0.15) is 48.0 Å². The highest BCUT2D eigenvalue weighted by Crippen LogP contribution is 2.30. The number of amides is 1. The van der Waals surface area contributed by atoms with Gasteiger partial charge in [-0.3, -0.25) is 4.79 Å². The molecule has 134 valence electrons. The second-order valence-electron chi connectivity index (χ2n) is 6.97. The van der Waals surface area contributed by atoms with E-state index in [2.05, 4.69) is 5.32 Å². The van der Waals surface area contributed by atoms with E-state index in [1.807, 2.05) is 0 Å². The normalized spacial score (nSPS) is 25.7. The van der Waals surface area contributed by atoms with E-state index < -0.39 is 19.0 Å². The first-order valence-electron chi connectivity index (χ1n) is 8.69. The Morgan fingerprint density at radius 3 is 2.68 bits per heavy atom. The van der Waals surface area contributed by atoms with E-state index in [1.54, 1.807) is 12.1 Å². The Kier molecular flexibility index (Phi) is 5.29. The largest absolute Gasteiger partial charge is 0.547 e. The summed E-state index contributed by atoms with van der Waals surface area (Å²) in [5, 5.41) is 22.2. The van der Waals surface area contributed by atoms with Crippen molar-refractivity contribution in [3.63, 3.8) is 0 Å². The minimum atomic E-state index is -1.27. The van der Waals surface area contributed by atoms with E-state index in [1.165, 1.54) is 6.07 Å². The van der Waals surface area contributed by atoms with Crippen molar-refractivity contribution in [2.45, 2.75) is 50.5 Å². The van der Waals surface area contributed by atoms with Crippen LogP contribution in [0.15, 0.2) is 18.2 Å². The first kappa shape index (κ1) is 17.8. The predicted molar refractivity (Wildman–Crippen MR) is 92.2 cm³/mol. The molecule has 1 atom stereocenters. The van der Waals surface area contributed by atoms with Crippen molar-refractivity contribution in [3.8, 4) is 5.75 Å². The van der Waals surface area contributed by atoms with Crippen LogP contribution in [0.2, 0.25) is 0 Å². The zero-order chi connectivity index (χ0) is 18.0. The van der Waals surface area contributed by atoms with Crippen LogP contribution in [0.25, 0.3) is 0 Å². The Labute approximate surface area is 146 Å². The molecule has 0 bridgehead atoms. The van der Waals surface area contributed by atoms with Gasteiger partial charge in [-0.2, -0.15) is 0 Å². The van der Waals surface area contributed by atoms with Crippen molar-refractivity contribution in [1.29, 1.82) is 0 Å². The van der Waals surface area contributed by atoms with Gasteiger partial charge >= 0.3 is 13.1 Å². The van der Waals surface area contributed by atoms with Crippen molar-refractivity contribution in [2.24, 2.45) is 11.7 Å². The quantitative estimate of drug-likeness (QED) is 0.597. The number of benzene rings is 1. The number of carbonyl (C=O) groups excluding carboxylic acids is 1. The van der Waals surface area contributed by atoms with Crippen molar-refractivity contribution >= 4 is 19.0 Å². The summed E-state index contributed by atoms with van der Waals surface area (Å²) in [6.07, 6.45) is 4.53. The van der Waals surface area contributed by atoms with Crippen molar-refractivity contribution in [1.82, 2.24) is 5.32 Å². The Bertz CT molecular complexity index is 660. The molecule has 1 aromatic carbocycles. The number of hydrogen-bond donors (Lipinski definition) is 4. The van der Waals surface area contributed by atoms with E-state index in [0.717, 1.165) is 25.7 Å². The monoisotopic (exact) mass is 346 g/mol. The number of nitrogens with two attached hydrogens (primary N) is 1. The van der Waals surface area contributed by atoms with Gasteiger partial charge in [0.25, 0.3) is 0 Å². The van der Waals surface area contributed by atoms with E-state index in [-0.39, 0.29) is 23.3 Å². The third kappa shape index (κ3) is 4.14. The summed E-state index contributed by atoms with van der Waals surface area (Å²) in [7, 11) is -1.27. The van der Waals surface area contributed by atoms with Gasteiger partial charge in [-0.05, 0) is 49.7 Å². The molecule has 1 amide bonds. The van der Waals surface area contributed by atoms with Crippen LogP contribution in [0, 0.1) is 5.92 Å². The Morgan fingerprint density at radius 2 is 2.00 bits per heavy atom. The maximum Gasteiger partial charge on any atom is 0.547 e. The number of nitrogens with one attached hydrogen (secondary N) is 1. The minimum Gasteiger partial charge on any atom is -0.534 e. The van der Waals surface area contributed by atoms with Crippen molar-refractivity contribution < 1.29 is 24.4 Å². The van der Waals surface area contributed by atoms with Crippen LogP contribution in [-0.2, 0) is 11.2 Å². The fraction of sp³-hybridized carbons (Fsp3) is 0.529. The lowest BCUT2D eigenvalue weighted by Crippen LogP contribution is -2.53. The lowest BCUT2D eigenvalue weighted by atomic mass is 9.72. The first-order chi connectivity index (χ1) is 11.9. The molecule has 1 fully saturated rings. The van der Waals surface area contributed by atoms with Crippen LogP contribution in [0.3, 0.4) is 0 Å². The second kappa shape index (κ2) is 7.45. The van der Waals surface area contributed by atoms with Crippen LogP contribution in [0.5, 0.6) is 5.75 Å². The van der Waals surface area contributed by atoms with Gasteiger partial charge in [0, 0.05) is 12.5 Å². The van der Waals surface area contributed by atoms with Crippen molar-refractivity contribution in [3.05, 3.63) is 29.3 Å². The van der Waals surface area contributed by atoms with Crippen LogP contribution >= 0.6 is 0 Å². The number of carbonyl (C=O) groups is 2. The molecule has 1 heterocycles. The van der Waals surface area contributed by atoms with Gasteiger partial charge in [0.05, 0.1) is 11.5 Å². The minimum absolute atomic E-state index is 0.0138. The second-order valence-corrected chi connectivity index (χ2v) is 6.97. The molecule has 0 spiro atoms. The number of carboxylic acid groups (broad SMARTS) is 1. The third-order valence-electron chi connectivity index (χ3n) is 5.06. The number of aromatic carboxylic acids is 1. The molecular formula is C17H23BN2O5. The zero-order valence-electron chi connectivity index (χ0n) is 14.0. The average molecular weight is 346 g/mol. The molecule has 0 unspecified atom stereocenters. The summed E-state index contributed by atoms with van der Waals surface area (Å²) in [4.78, 5) is 23.5. The molecule has 2 aliphatic rings. The summed E-state index contributed by atoms with van der Waals surface area (Å²) >= 11 is 0. The number of para-hydroxylation sites is 1. The van der Waals surface area contributed by atoms with Gasteiger partial charge in [0.15, 0.2) is 0 Å². The SMILES string of the molecule is N[C@H]1CC[C@@H](CC(=O)N[C@H]2Cc3cccc(C(=O)O)c3OB2O)CC1. The van der Waals surface area contributed by atoms with Crippen LogP contribution in [-0.4, -0.2) is 41.1 Å². The maximum absolute atomic E-state index is 12.3. The maximum atomic E-state index is 12.3. The highest BCUT2D eigenvalue weighted by molar-refractivity contribution is 6.47. The van der Waals surface area contributed by atoms with Crippen LogP contribution in [0.4, 0.5) is 0 Å². The summed E-state index contributed by atoms with van der Waals surface area (Å²) in [6.45, 7) is 0. The molecule has 5 N–H and O–H groups in total. The summed E-state index contributed by atoms with van der Waals surface area (Å²) in [5.74, 6) is -1.32. The van der Waals surface area contributed by atoms with Gasteiger partial charge in [0.2, 0.25) is 5.91 Å². The molecule has 1 aliphatic carbocycles. The molecule has 7 nitrogen and oxygen atoms in total. The summed E-state index contributed by atoms with van der Waals surface area (Å²) in [6, 6.07) is 5.05. The molecule has 0 radical (unpaired) electrons. The Morgan fingerprint density at radius 1 is 1.28 bits per heavy atom. The van der Waals surface area contributed by atoms with Gasteiger partial charge in [-0.1, -0.05) is 12.1 Å². The fourth-order valence-corrected chi connectivity index (χ4v) is 3.64. The van der Waals surface area contributed by atoms with Gasteiger partial charge < -0.3 is 25.8 Å². The Hall–Kier alpha value is -2.06. The van der Waals surface area contributed by atoms with E-state index in [4.69, 9.17) is 10.4 Å². The molecule has 0 saturated heterocycles. The number of fused-ring (bicyclic) bond motifs is 1. The first-order valence-corrected chi connectivity index (χ1v) is 8.69. The summed E-state index contributed by atoms with van der Waals surface area (Å²) in [5.41, 5.74) is 6.56. The lowest BCUT2D eigenvalue weighted by Gasteiger charge is -2.30. The third-order valence-corrected chi connectivity index (χ3v) is 5.06. The number of rotatable bonds is 4. The van der Waals surface area contributed by atoms with Crippen LogP contribution < -0.4 is 15.7 Å². The number of hydrogen-bond acceptors (Lipinski definition) is 5. The number of carboxylic acids is 1. The van der Waals surface area contributed by atoms with E-state index in [0.29, 0.717) is 24.3 Å². The predicted octanol–water partition coefficient (Wildman–Crippen LogP) is 0.732. The molecule has 1 aliphatic heterocycles. The molecule has 25 heavy (non-hydrogen) atoms. The molecule has 1 saturated carbocycles. The molecule has 1 aromatic rings. The average Bonchev–Trinajstić information content (AvgIpc) is 2.57. The molecular weight excluding hydrogens is 323 g/mol. The van der Waals surface area contributed by atoms with Gasteiger partial charge in [-0.25, -0.2) is 4.79 Å². The van der Waals surface area contributed by atoms with E-state index in [9.17, 15) is 19.7 Å². The standard InChI is InChI=1S/C17H23BN2O5/c19-12-6-4-10(5-7-12)8-15(21)20-14-9-11-2-1-3-13(17(22)23)16(11)25-18(14)24/h1-3,10,12,14,24H,4-9,19H2,(H,20,21)(H,22,23)/t10-,12+,14-/m0/s1. The molecule has 3 rings (SSSR count). The summed E-state index contributed by atoms with van der Waals surface area (Å²) < 4.78 is 5.39.